The van der Waals surface area contributed by atoms with Crippen LogP contribution in [0.25, 0.3) is 0 Å². The largest absolute Gasteiger partial charge is 0.480 e. The first-order chi connectivity index (χ1) is 18.9. The number of hydrogen-bond donors (Lipinski definition) is 2. The third-order valence-corrected chi connectivity index (χ3v) is 9.55. The Bertz CT molecular complexity index is 1350. The van der Waals surface area contributed by atoms with Crippen molar-refractivity contribution >= 4 is 29.3 Å². The van der Waals surface area contributed by atoms with Gasteiger partial charge in [0.15, 0.2) is 11.2 Å². The van der Waals surface area contributed by atoms with E-state index in [1.54, 1.807) is 30.2 Å². The van der Waals surface area contributed by atoms with Crippen molar-refractivity contribution in [1.29, 1.82) is 0 Å². The van der Waals surface area contributed by atoms with Crippen LogP contribution in [0.2, 0.25) is 5.02 Å². The van der Waals surface area contributed by atoms with E-state index in [0.717, 1.165) is 55.3 Å². The number of ether oxygens (including phenoxy) is 1. The maximum atomic E-state index is 14.9. The maximum absolute atomic E-state index is 14.9. The molecule has 3 aliphatic carbocycles. The van der Waals surface area contributed by atoms with Crippen LogP contribution in [-0.4, -0.2) is 64.2 Å². The van der Waals surface area contributed by atoms with E-state index < -0.39 is 29.0 Å². The number of carbonyl (C=O) groups excluding carboxylic acids is 2. The molecule has 6 rings (SSSR count). The summed E-state index contributed by atoms with van der Waals surface area (Å²) in [6.07, 6.45) is 9.78. The molecule has 1 saturated carbocycles. The van der Waals surface area contributed by atoms with Crippen LogP contribution < -0.4 is 0 Å². The monoisotopic (exact) mass is 551 g/mol. The Balaban J connectivity index is 1.54. The number of benzene rings is 1. The summed E-state index contributed by atoms with van der Waals surface area (Å²) in [5.74, 6) is -4.08. The van der Waals surface area contributed by atoms with Crippen LogP contribution in [0.3, 0.4) is 0 Å². The Hall–Kier alpha value is -2.97. The second-order valence-corrected chi connectivity index (χ2v) is 11.8. The number of amides is 1. The van der Waals surface area contributed by atoms with Gasteiger partial charge in [0.1, 0.15) is 0 Å². The quantitative estimate of drug-likeness (QED) is 0.293. The number of rotatable bonds is 7. The number of carbonyl (C=O) groups is 3. The number of ketones is 1. The highest BCUT2D eigenvalue weighted by atomic mass is 35.5. The maximum Gasteiger partial charge on any atom is 0.319 e. The third-order valence-electron chi connectivity index (χ3n) is 9.23. The van der Waals surface area contributed by atoms with Crippen LogP contribution in [0, 0.1) is 11.3 Å². The lowest BCUT2D eigenvalue weighted by atomic mass is 9.57. The topological polar surface area (TPSA) is 113 Å². The number of likely N-dealkylation sites (tertiary alicyclic amines) is 1. The molecule has 4 aliphatic rings. The zero-order valence-corrected chi connectivity index (χ0v) is 22.9. The van der Waals surface area contributed by atoms with E-state index in [0.29, 0.717) is 25.2 Å². The van der Waals surface area contributed by atoms with Gasteiger partial charge in [-0.15, -0.1) is 0 Å². The lowest BCUT2D eigenvalue weighted by Crippen LogP contribution is -2.56. The number of carboxylic acids is 1. The van der Waals surface area contributed by atoms with E-state index in [1.807, 2.05) is 12.1 Å². The smallest absolute Gasteiger partial charge is 0.319 e. The summed E-state index contributed by atoms with van der Waals surface area (Å²) < 4.78 is 5.48. The molecule has 0 radical (unpaired) electrons. The first-order valence-electron chi connectivity index (χ1n) is 14.0. The molecule has 206 valence electrons. The fraction of sp³-hybridized carbons (Fsp3) is 0.533. The fourth-order valence-corrected chi connectivity index (χ4v) is 7.28. The molecule has 2 heterocycles. The molecule has 1 saturated heterocycles. The van der Waals surface area contributed by atoms with Crippen molar-refractivity contribution in [3.8, 4) is 0 Å². The molecule has 1 aromatic heterocycles. The Labute approximate surface area is 232 Å². The molecule has 1 aromatic carbocycles. The number of halogens is 1. The van der Waals surface area contributed by atoms with Gasteiger partial charge in [0.2, 0.25) is 5.91 Å². The molecule has 0 spiro atoms. The molecule has 9 heteroatoms. The molecule has 2 fully saturated rings. The zero-order valence-electron chi connectivity index (χ0n) is 22.1. The van der Waals surface area contributed by atoms with E-state index >= 15 is 0 Å². The number of hydrogen-bond acceptors (Lipinski definition) is 5. The highest BCUT2D eigenvalue weighted by Gasteiger charge is 2.63. The number of fused-ring (bicyclic) bond motifs is 1. The lowest BCUT2D eigenvalue weighted by molar-refractivity contribution is -0.157. The molecule has 2 aromatic rings. The Morgan fingerprint density at radius 3 is 2.69 bits per heavy atom. The number of aromatic amines is 1. The van der Waals surface area contributed by atoms with Crippen molar-refractivity contribution in [2.45, 2.75) is 69.3 Å². The number of allylic oxidation sites excluding steroid dienone is 2. The minimum absolute atomic E-state index is 0.109. The molecule has 0 bridgehead atoms. The number of H-pyrrole nitrogens is 1. The number of aliphatic carboxylic acids is 1. The molecule has 4 atom stereocenters. The summed E-state index contributed by atoms with van der Waals surface area (Å²) in [7, 11) is 1.61. The standard InChI is InChI=1S/C30H34ClN3O5/c1-39-18-14-15-34(16-18)28(36)22-9-5-8-21(26-20-6-2-3-11-24(20)32-33-26)30(22,29(37)38)27(35)25-19(17-12-13-17)7-4-10-23(25)31/h4-5,7-8,10,17-18,21-22H,2-3,6,9,11-16H2,1H3,(H,32,33)(H,37,38)/t18?,21?,22?,30-/m0/s1. The van der Waals surface area contributed by atoms with Gasteiger partial charge in [-0.25, -0.2) is 0 Å². The van der Waals surface area contributed by atoms with Gasteiger partial charge in [-0.05, 0) is 74.5 Å². The molecule has 1 aliphatic heterocycles. The lowest BCUT2D eigenvalue weighted by Gasteiger charge is -2.43. The Morgan fingerprint density at radius 2 is 1.97 bits per heavy atom. The fourth-order valence-electron chi connectivity index (χ4n) is 7.01. The summed E-state index contributed by atoms with van der Waals surface area (Å²) >= 11 is 6.70. The summed E-state index contributed by atoms with van der Waals surface area (Å²) in [6.45, 7) is 0.838. The predicted octanol–water partition coefficient (Wildman–Crippen LogP) is 4.68. The molecule has 8 nitrogen and oxygen atoms in total. The van der Waals surface area contributed by atoms with Crippen molar-refractivity contribution in [2.24, 2.45) is 11.3 Å². The van der Waals surface area contributed by atoms with Crippen LogP contribution in [0.15, 0.2) is 30.4 Å². The number of nitrogens with one attached hydrogen (secondary N) is 1. The number of Topliss-reactive ketones (excluding diaryl/α,β-unsaturated/α-hetero) is 1. The van der Waals surface area contributed by atoms with Gasteiger partial charge in [-0.2, -0.15) is 5.10 Å². The van der Waals surface area contributed by atoms with Gasteiger partial charge >= 0.3 is 5.97 Å². The van der Waals surface area contributed by atoms with Gasteiger partial charge < -0.3 is 14.7 Å². The first kappa shape index (κ1) is 26.3. The van der Waals surface area contributed by atoms with Gasteiger partial charge in [0.05, 0.1) is 22.7 Å². The minimum Gasteiger partial charge on any atom is -0.480 e. The summed E-state index contributed by atoms with van der Waals surface area (Å²) in [6, 6.07) is 5.32. The average molecular weight is 552 g/mol. The van der Waals surface area contributed by atoms with Crippen LogP contribution in [0.4, 0.5) is 0 Å². The van der Waals surface area contributed by atoms with Crippen molar-refractivity contribution < 1.29 is 24.2 Å². The molecular formula is C30H34ClN3O5. The van der Waals surface area contributed by atoms with Gasteiger partial charge in [-0.1, -0.05) is 35.9 Å². The molecule has 1 amide bonds. The SMILES string of the molecule is COC1CCN(C(=O)C2CC=CC(c3n[nH]c4c3CCCC4)[C@@]2(C(=O)O)C(=O)c2c(Cl)cccc2C2CC2)C1. The number of nitrogens with zero attached hydrogens (tertiary/aromatic N) is 2. The van der Waals surface area contributed by atoms with Crippen LogP contribution in [0.1, 0.15) is 83.2 Å². The first-order valence-corrected chi connectivity index (χ1v) is 14.4. The van der Waals surface area contributed by atoms with Crippen LogP contribution in [0.5, 0.6) is 0 Å². The second kappa shape index (κ2) is 10.2. The molecule has 2 N–H and O–H groups in total. The average Bonchev–Trinajstić information content (AvgIpc) is 3.52. The van der Waals surface area contributed by atoms with E-state index in [4.69, 9.17) is 16.3 Å². The van der Waals surface area contributed by atoms with E-state index in [1.165, 1.54) is 0 Å². The summed E-state index contributed by atoms with van der Waals surface area (Å²) in [4.78, 5) is 44.5. The minimum atomic E-state index is -2.09. The van der Waals surface area contributed by atoms with E-state index in [9.17, 15) is 19.5 Å². The van der Waals surface area contributed by atoms with Crippen molar-refractivity contribution in [2.75, 3.05) is 20.2 Å². The van der Waals surface area contributed by atoms with Gasteiger partial charge in [0, 0.05) is 37.4 Å². The number of carboxylic acid groups (broad SMARTS) is 1. The van der Waals surface area contributed by atoms with Gasteiger partial charge in [-0.3, -0.25) is 19.5 Å². The van der Waals surface area contributed by atoms with E-state index in [-0.39, 0.29) is 34.9 Å². The normalized spacial score (nSPS) is 28.4. The Morgan fingerprint density at radius 1 is 1.18 bits per heavy atom. The molecule has 39 heavy (non-hydrogen) atoms. The summed E-state index contributed by atoms with van der Waals surface area (Å²) in [5, 5.41) is 19.1. The van der Waals surface area contributed by atoms with Crippen LogP contribution >= 0.6 is 11.6 Å². The Kier molecular flexibility index (Phi) is 6.88. The summed E-state index contributed by atoms with van der Waals surface area (Å²) in [5.41, 5.74) is 1.45. The predicted molar refractivity (Wildman–Crippen MR) is 145 cm³/mol. The van der Waals surface area contributed by atoms with Crippen LogP contribution in [-0.2, 0) is 27.2 Å². The van der Waals surface area contributed by atoms with Crippen molar-refractivity contribution in [3.63, 3.8) is 0 Å². The highest BCUT2D eigenvalue weighted by molar-refractivity contribution is 6.35. The number of aromatic nitrogens is 2. The molecule has 3 unspecified atom stereocenters. The third kappa shape index (κ3) is 4.23. The molecular weight excluding hydrogens is 518 g/mol. The number of methoxy groups -OCH3 is 1. The van der Waals surface area contributed by atoms with E-state index in [2.05, 4.69) is 10.2 Å². The van der Waals surface area contributed by atoms with Gasteiger partial charge in [0.25, 0.3) is 0 Å². The second-order valence-electron chi connectivity index (χ2n) is 11.4. The van der Waals surface area contributed by atoms with Crippen molar-refractivity contribution in [1.82, 2.24) is 15.1 Å². The highest BCUT2D eigenvalue weighted by Crippen LogP contribution is 2.54. The number of aryl methyl sites for hydroxylation is 1. The van der Waals surface area contributed by atoms with Crippen molar-refractivity contribution in [3.05, 3.63) is 63.5 Å². The zero-order chi connectivity index (χ0) is 27.3.